The van der Waals surface area contributed by atoms with Gasteiger partial charge < -0.3 is 19.5 Å². The summed E-state index contributed by atoms with van der Waals surface area (Å²) >= 11 is 12.3. The van der Waals surface area contributed by atoms with E-state index >= 15 is 0 Å². The quantitative estimate of drug-likeness (QED) is 0.424. The van der Waals surface area contributed by atoms with Gasteiger partial charge in [-0.2, -0.15) is 0 Å². The number of hydrogen-bond donors (Lipinski definition) is 1. The minimum atomic E-state index is -0.896. The van der Waals surface area contributed by atoms with E-state index in [-0.39, 0.29) is 0 Å². The summed E-state index contributed by atoms with van der Waals surface area (Å²) in [7, 11) is 1.68. The smallest absolute Gasteiger partial charge is 0.226 e. The second-order valence-electron chi connectivity index (χ2n) is 9.12. The summed E-state index contributed by atoms with van der Waals surface area (Å²) in [6.07, 6.45) is 6.92. The Balaban J connectivity index is 1.29. The molecule has 1 saturated heterocycles. The van der Waals surface area contributed by atoms with Crippen LogP contribution >= 0.6 is 23.2 Å². The van der Waals surface area contributed by atoms with Crippen molar-refractivity contribution in [2.75, 3.05) is 26.7 Å². The van der Waals surface area contributed by atoms with Crippen molar-refractivity contribution in [3.8, 4) is 17.4 Å². The summed E-state index contributed by atoms with van der Waals surface area (Å²) in [5.41, 5.74) is 3.12. The van der Waals surface area contributed by atoms with Crippen molar-refractivity contribution in [1.29, 1.82) is 0 Å². The SMILES string of the molecule is COc1cccc2c1C/C(=C/CCN1CCC(O)(c3cc(Cl)cc(Cl)c3)CC1)c1cccnc1O2. The number of aliphatic hydroxyl groups is 1. The van der Waals surface area contributed by atoms with Gasteiger partial charge in [-0.15, -0.1) is 0 Å². The van der Waals surface area contributed by atoms with E-state index in [4.69, 9.17) is 32.7 Å². The zero-order chi connectivity index (χ0) is 24.4. The summed E-state index contributed by atoms with van der Waals surface area (Å²) in [4.78, 5) is 6.87. The van der Waals surface area contributed by atoms with Crippen LogP contribution in [0, 0.1) is 0 Å². The Morgan fingerprint density at radius 2 is 1.89 bits per heavy atom. The molecule has 1 fully saturated rings. The molecular weight excluding hydrogens is 483 g/mol. The van der Waals surface area contributed by atoms with Crippen LogP contribution in [0.5, 0.6) is 17.4 Å². The number of hydrogen-bond acceptors (Lipinski definition) is 5. The fourth-order valence-electron chi connectivity index (χ4n) is 4.97. The largest absolute Gasteiger partial charge is 0.496 e. The molecule has 0 spiro atoms. The molecule has 0 aliphatic carbocycles. The lowest BCUT2D eigenvalue weighted by atomic mass is 9.84. The van der Waals surface area contributed by atoms with Gasteiger partial charge >= 0.3 is 0 Å². The zero-order valence-corrected chi connectivity index (χ0v) is 21.1. The maximum absolute atomic E-state index is 11.2. The number of pyridine rings is 1. The van der Waals surface area contributed by atoms with Crippen molar-refractivity contribution in [3.05, 3.63) is 87.5 Å². The molecule has 2 aliphatic heterocycles. The topological polar surface area (TPSA) is 54.8 Å². The van der Waals surface area contributed by atoms with Crippen LogP contribution in [0.3, 0.4) is 0 Å². The van der Waals surface area contributed by atoms with Gasteiger partial charge in [0.2, 0.25) is 5.88 Å². The molecule has 0 radical (unpaired) electrons. The first-order chi connectivity index (χ1) is 16.9. The van der Waals surface area contributed by atoms with E-state index in [0.29, 0.717) is 35.2 Å². The molecule has 2 aliphatic rings. The van der Waals surface area contributed by atoms with E-state index in [9.17, 15) is 5.11 Å². The fourth-order valence-corrected chi connectivity index (χ4v) is 5.50. The Kier molecular flexibility index (Phi) is 7.03. The second kappa shape index (κ2) is 10.2. The molecule has 182 valence electrons. The summed E-state index contributed by atoms with van der Waals surface area (Å²) in [5.74, 6) is 2.22. The summed E-state index contributed by atoms with van der Waals surface area (Å²) in [6.45, 7) is 2.52. The highest BCUT2D eigenvalue weighted by molar-refractivity contribution is 6.34. The third-order valence-electron chi connectivity index (χ3n) is 6.92. The van der Waals surface area contributed by atoms with Gasteiger partial charge in [0.25, 0.3) is 0 Å². The van der Waals surface area contributed by atoms with Gasteiger partial charge in [0.1, 0.15) is 11.5 Å². The molecule has 0 unspecified atom stereocenters. The second-order valence-corrected chi connectivity index (χ2v) is 9.99. The number of halogens is 2. The first-order valence-electron chi connectivity index (χ1n) is 11.8. The summed E-state index contributed by atoms with van der Waals surface area (Å²) in [6, 6.07) is 15.2. The predicted octanol–water partition coefficient (Wildman–Crippen LogP) is 6.50. The van der Waals surface area contributed by atoms with E-state index in [0.717, 1.165) is 54.2 Å². The number of methoxy groups -OCH3 is 1. The molecule has 35 heavy (non-hydrogen) atoms. The van der Waals surface area contributed by atoms with Crippen LogP contribution in [0.15, 0.2) is 60.8 Å². The third kappa shape index (κ3) is 5.19. The number of allylic oxidation sites excluding steroid dienone is 1. The Morgan fingerprint density at radius 1 is 1.11 bits per heavy atom. The Labute approximate surface area is 215 Å². The van der Waals surface area contributed by atoms with E-state index in [1.165, 1.54) is 5.57 Å². The zero-order valence-electron chi connectivity index (χ0n) is 19.6. The van der Waals surface area contributed by atoms with E-state index in [2.05, 4.69) is 22.0 Å². The Hall–Kier alpha value is -2.57. The van der Waals surface area contributed by atoms with Crippen molar-refractivity contribution >= 4 is 28.8 Å². The minimum absolute atomic E-state index is 0.551. The van der Waals surface area contributed by atoms with Gasteiger partial charge in [-0.3, -0.25) is 0 Å². The molecule has 1 aromatic heterocycles. The number of piperidine rings is 1. The lowest BCUT2D eigenvalue weighted by Crippen LogP contribution is -2.42. The molecule has 5 rings (SSSR count). The van der Waals surface area contributed by atoms with Crippen LogP contribution < -0.4 is 9.47 Å². The first-order valence-corrected chi connectivity index (χ1v) is 12.6. The van der Waals surface area contributed by atoms with Gasteiger partial charge in [0.15, 0.2) is 0 Å². The van der Waals surface area contributed by atoms with Gasteiger partial charge in [0.05, 0.1) is 12.7 Å². The van der Waals surface area contributed by atoms with E-state index in [1.807, 2.05) is 36.4 Å². The van der Waals surface area contributed by atoms with Crippen LogP contribution in [0.25, 0.3) is 5.57 Å². The number of fused-ring (bicyclic) bond motifs is 2. The Bertz CT molecular complexity index is 1230. The van der Waals surface area contributed by atoms with Crippen LogP contribution in [-0.2, 0) is 12.0 Å². The van der Waals surface area contributed by atoms with Crippen molar-refractivity contribution in [2.24, 2.45) is 0 Å². The fraction of sp³-hybridized carbons (Fsp3) is 0.321. The normalized spacial score (nSPS) is 18.3. The number of nitrogens with zero attached hydrogens (tertiary/aromatic N) is 2. The number of ether oxygens (including phenoxy) is 2. The average molecular weight is 511 g/mol. The maximum Gasteiger partial charge on any atom is 0.226 e. The number of benzene rings is 2. The van der Waals surface area contributed by atoms with Crippen molar-refractivity contribution in [3.63, 3.8) is 0 Å². The molecule has 2 aromatic carbocycles. The van der Waals surface area contributed by atoms with E-state index < -0.39 is 5.60 Å². The molecule has 0 atom stereocenters. The van der Waals surface area contributed by atoms with Gasteiger partial charge in [-0.1, -0.05) is 35.3 Å². The number of aromatic nitrogens is 1. The lowest BCUT2D eigenvalue weighted by molar-refractivity contribution is -0.0254. The van der Waals surface area contributed by atoms with Gasteiger partial charge in [0, 0.05) is 53.4 Å². The molecule has 3 heterocycles. The lowest BCUT2D eigenvalue weighted by Gasteiger charge is -2.38. The highest BCUT2D eigenvalue weighted by atomic mass is 35.5. The predicted molar refractivity (Wildman–Crippen MR) is 140 cm³/mol. The molecule has 0 bridgehead atoms. The number of likely N-dealkylation sites (tertiary alicyclic amines) is 1. The van der Waals surface area contributed by atoms with Crippen molar-refractivity contribution in [2.45, 2.75) is 31.3 Å². The molecule has 0 saturated carbocycles. The monoisotopic (exact) mass is 510 g/mol. The van der Waals surface area contributed by atoms with Crippen molar-refractivity contribution < 1.29 is 14.6 Å². The van der Waals surface area contributed by atoms with Crippen LogP contribution in [0.4, 0.5) is 0 Å². The number of rotatable bonds is 5. The highest BCUT2D eigenvalue weighted by Gasteiger charge is 2.34. The molecule has 1 N–H and O–H groups in total. The Morgan fingerprint density at radius 3 is 2.63 bits per heavy atom. The standard InChI is InChI=1S/C28H28Cl2N2O3/c1-34-25-7-2-8-26-24(25)15-19(23-6-3-11-31-27(23)35-26)5-4-12-32-13-9-28(33,10-14-32)20-16-21(29)18-22(30)17-20/h2-3,5-8,11,16-18,33H,4,9-10,12-15H2,1H3/b19-5-. The minimum Gasteiger partial charge on any atom is -0.496 e. The average Bonchev–Trinajstić information content (AvgIpc) is 3.01. The van der Waals surface area contributed by atoms with Gasteiger partial charge in [-0.25, -0.2) is 4.98 Å². The van der Waals surface area contributed by atoms with Gasteiger partial charge in [-0.05, 0) is 72.9 Å². The third-order valence-corrected chi connectivity index (χ3v) is 7.36. The van der Waals surface area contributed by atoms with Crippen LogP contribution in [0.2, 0.25) is 10.0 Å². The molecule has 3 aromatic rings. The first kappa shape index (κ1) is 24.1. The molecule has 0 amide bonds. The van der Waals surface area contributed by atoms with Crippen LogP contribution in [0.1, 0.15) is 36.0 Å². The highest BCUT2D eigenvalue weighted by Crippen LogP contribution is 2.41. The molecule has 7 heteroatoms. The van der Waals surface area contributed by atoms with Crippen LogP contribution in [-0.4, -0.2) is 41.7 Å². The van der Waals surface area contributed by atoms with E-state index in [1.54, 1.807) is 19.4 Å². The molecular formula is C28H28Cl2N2O3. The summed E-state index contributed by atoms with van der Waals surface area (Å²) < 4.78 is 11.8. The molecule has 5 nitrogen and oxygen atoms in total. The van der Waals surface area contributed by atoms with Crippen molar-refractivity contribution in [1.82, 2.24) is 9.88 Å². The summed E-state index contributed by atoms with van der Waals surface area (Å²) in [5, 5.41) is 12.3. The maximum atomic E-state index is 11.2.